The van der Waals surface area contributed by atoms with Gasteiger partial charge in [0.1, 0.15) is 0 Å². The summed E-state index contributed by atoms with van der Waals surface area (Å²) in [5.41, 5.74) is 5.82. The highest BCUT2D eigenvalue weighted by Crippen LogP contribution is 2.36. The topological polar surface area (TPSA) is 63.3 Å². The summed E-state index contributed by atoms with van der Waals surface area (Å²) < 4.78 is 0. The first-order chi connectivity index (χ1) is 8.08. The molecule has 94 valence electrons. The van der Waals surface area contributed by atoms with Crippen LogP contribution in [-0.4, -0.2) is 22.8 Å². The van der Waals surface area contributed by atoms with Gasteiger partial charge >= 0.3 is 5.97 Å². The number of alkyl halides is 2. The predicted octanol–water partition coefficient (Wildman–Crippen LogP) is 2.85. The molecule has 0 amide bonds. The van der Waals surface area contributed by atoms with E-state index in [2.05, 4.69) is 0 Å². The number of nitrogen functional groups attached to an aromatic ring is 1. The molecular weight excluding hydrogens is 261 g/mol. The van der Waals surface area contributed by atoms with Gasteiger partial charge in [-0.3, -0.25) is 4.79 Å². The highest BCUT2D eigenvalue weighted by Gasteiger charge is 2.40. The van der Waals surface area contributed by atoms with Gasteiger partial charge < -0.3 is 10.8 Å². The zero-order chi connectivity index (χ0) is 12.9. The van der Waals surface area contributed by atoms with Crippen LogP contribution in [0.25, 0.3) is 0 Å². The maximum atomic E-state index is 11.6. The Labute approximate surface area is 111 Å². The third-order valence-corrected chi connectivity index (χ3v) is 3.31. The van der Waals surface area contributed by atoms with Crippen molar-refractivity contribution in [2.24, 2.45) is 0 Å². The van der Waals surface area contributed by atoms with E-state index in [0.717, 1.165) is 0 Å². The Morgan fingerprint density at radius 1 is 1.24 bits per heavy atom. The van der Waals surface area contributed by atoms with Gasteiger partial charge in [0, 0.05) is 17.4 Å². The standard InChI is InChI=1S/C12H15Cl2NO2/c13-7-5-12(6-8-14,11(16)17)9-3-1-2-4-10(9)15/h1-4H,5-8,15H2,(H,16,17). The second kappa shape index (κ2) is 6.12. The van der Waals surface area contributed by atoms with E-state index in [9.17, 15) is 9.90 Å². The second-order valence-corrected chi connectivity index (χ2v) is 4.61. The van der Waals surface area contributed by atoms with E-state index in [1.54, 1.807) is 24.3 Å². The van der Waals surface area contributed by atoms with Crippen molar-refractivity contribution >= 4 is 34.9 Å². The van der Waals surface area contributed by atoms with Gasteiger partial charge in [0.05, 0.1) is 5.41 Å². The Bertz CT molecular complexity index is 390. The molecule has 0 heterocycles. The van der Waals surface area contributed by atoms with Crippen LogP contribution in [0.15, 0.2) is 24.3 Å². The molecule has 0 saturated heterocycles. The first-order valence-corrected chi connectivity index (χ1v) is 6.35. The van der Waals surface area contributed by atoms with E-state index in [1.807, 2.05) is 0 Å². The Morgan fingerprint density at radius 3 is 2.18 bits per heavy atom. The van der Waals surface area contributed by atoms with E-state index in [1.165, 1.54) is 0 Å². The summed E-state index contributed by atoms with van der Waals surface area (Å²) in [4.78, 5) is 11.6. The number of rotatable bonds is 6. The van der Waals surface area contributed by atoms with Crippen molar-refractivity contribution in [2.75, 3.05) is 17.5 Å². The van der Waals surface area contributed by atoms with Gasteiger partial charge in [-0.15, -0.1) is 23.2 Å². The summed E-state index contributed by atoms with van der Waals surface area (Å²) in [5, 5.41) is 9.49. The molecule has 0 aliphatic rings. The van der Waals surface area contributed by atoms with E-state index in [0.29, 0.717) is 24.1 Å². The van der Waals surface area contributed by atoms with Crippen LogP contribution in [0.1, 0.15) is 18.4 Å². The number of carboxylic acids is 1. The van der Waals surface area contributed by atoms with Crippen LogP contribution in [0.2, 0.25) is 0 Å². The minimum atomic E-state index is -1.09. The lowest BCUT2D eigenvalue weighted by atomic mass is 9.75. The highest BCUT2D eigenvalue weighted by atomic mass is 35.5. The molecule has 0 radical (unpaired) electrons. The average molecular weight is 276 g/mol. The zero-order valence-electron chi connectivity index (χ0n) is 9.33. The fraction of sp³-hybridized carbons (Fsp3) is 0.417. The minimum Gasteiger partial charge on any atom is -0.481 e. The quantitative estimate of drug-likeness (QED) is 0.620. The molecule has 1 rings (SSSR count). The fourth-order valence-corrected chi connectivity index (χ4v) is 2.62. The molecular formula is C12H15Cl2NO2. The maximum Gasteiger partial charge on any atom is 0.314 e. The lowest BCUT2D eigenvalue weighted by Crippen LogP contribution is -2.37. The van der Waals surface area contributed by atoms with E-state index in [4.69, 9.17) is 28.9 Å². The number of hydrogen-bond acceptors (Lipinski definition) is 2. The van der Waals surface area contributed by atoms with Crippen LogP contribution >= 0.6 is 23.2 Å². The largest absolute Gasteiger partial charge is 0.481 e. The van der Waals surface area contributed by atoms with Gasteiger partial charge in [-0.2, -0.15) is 0 Å². The van der Waals surface area contributed by atoms with Crippen molar-refractivity contribution in [1.29, 1.82) is 0 Å². The second-order valence-electron chi connectivity index (χ2n) is 3.85. The summed E-state index contributed by atoms with van der Waals surface area (Å²) in [6, 6.07) is 6.96. The smallest absolute Gasteiger partial charge is 0.314 e. The number of para-hydroxylation sites is 1. The van der Waals surface area contributed by atoms with Gasteiger partial charge in [-0.05, 0) is 24.5 Å². The summed E-state index contributed by atoms with van der Waals surface area (Å²) in [6.07, 6.45) is 0.621. The van der Waals surface area contributed by atoms with E-state index in [-0.39, 0.29) is 11.8 Å². The predicted molar refractivity (Wildman–Crippen MR) is 70.8 cm³/mol. The van der Waals surface area contributed by atoms with Gasteiger partial charge in [0.25, 0.3) is 0 Å². The molecule has 0 aliphatic carbocycles. The molecule has 1 aromatic carbocycles. The summed E-state index contributed by atoms with van der Waals surface area (Å²) in [6.45, 7) is 0. The van der Waals surface area contributed by atoms with Gasteiger partial charge in [0.15, 0.2) is 0 Å². The van der Waals surface area contributed by atoms with Crippen LogP contribution in [0.5, 0.6) is 0 Å². The lowest BCUT2D eigenvalue weighted by molar-refractivity contribution is -0.144. The molecule has 0 atom stereocenters. The Morgan fingerprint density at radius 2 is 1.76 bits per heavy atom. The van der Waals surface area contributed by atoms with Gasteiger partial charge in [-0.25, -0.2) is 0 Å². The minimum absolute atomic E-state index is 0.248. The molecule has 1 aromatic rings. The van der Waals surface area contributed by atoms with Crippen molar-refractivity contribution in [3.05, 3.63) is 29.8 Å². The average Bonchev–Trinajstić information content (AvgIpc) is 2.29. The first kappa shape index (κ1) is 14.1. The van der Waals surface area contributed by atoms with Crippen LogP contribution in [-0.2, 0) is 10.2 Å². The molecule has 5 heteroatoms. The van der Waals surface area contributed by atoms with Gasteiger partial charge in [0.2, 0.25) is 0 Å². The number of carboxylic acid groups (broad SMARTS) is 1. The Balaban J connectivity index is 3.30. The molecule has 0 unspecified atom stereocenters. The molecule has 0 spiro atoms. The van der Waals surface area contributed by atoms with Crippen molar-refractivity contribution in [3.63, 3.8) is 0 Å². The molecule has 17 heavy (non-hydrogen) atoms. The maximum absolute atomic E-state index is 11.6. The summed E-state index contributed by atoms with van der Waals surface area (Å²) in [5.74, 6) is -0.439. The first-order valence-electron chi connectivity index (χ1n) is 5.29. The lowest BCUT2D eigenvalue weighted by Gasteiger charge is -2.29. The number of carbonyl (C=O) groups is 1. The third kappa shape index (κ3) is 2.85. The van der Waals surface area contributed by atoms with E-state index >= 15 is 0 Å². The number of nitrogens with two attached hydrogens (primary N) is 1. The number of benzene rings is 1. The van der Waals surface area contributed by atoms with Crippen molar-refractivity contribution < 1.29 is 9.90 Å². The number of hydrogen-bond donors (Lipinski definition) is 2. The summed E-state index contributed by atoms with van der Waals surface area (Å²) in [7, 11) is 0. The number of anilines is 1. The van der Waals surface area contributed by atoms with Crippen molar-refractivity contribution in [3.8, 4) is 0 Å². The summed E-state index contributed by atoms with van der Waals surface area (Å²) >= 11 is 11.4. The molecule has 0 bridgehead atoms. The van der Waals surface area contributed by atoms with Crippen LogP contribution in [0, 0.1) is 0 Å². The monoisotopic (exact) mass is 275 g/mol. The zero-order valence-corrected chi connectivity index (χ0v) is 10.8. The normalized spacial score (nSPS) is 11.4. The molecule has 0 aromatic heterocycles. The van der Waals surface area contributed by atoms with Crippen LogP contribution in [0.3, 0.4) is 0 Å². The van der Waals surface area contributed by atoms with Crippen molar-refractivity contribution in [1.82, 2.24) is 0 Å². The molecule has 3 nitrogen and oxygen atoms in total. The van der Waals surface area contributed by atoms with Gasteiger partial charge in [-0.1, -0.05) is 18.2 Å². The molecule has 0 saturated carbocycles. The Kier molecular flexibility index (Phi) is 5.09. The highest BCUT2D eigenvalue weighted by molar-refractivity contribution is 6.18. The SMILES string of the molecule is Nc1ccccc1C(CCCl)(CCCl)C(=O)O. The number of aliphatic carboxylic acids is 1. The molecule has 0 fully saturated rings. The van der Waals surface area contributed by atoms with Crippen LogP contribution < -0.4 is 5.73 Å². The molecule has 0 aliphatic heterocycles. The third-order valence-electron chi connectivity index (χ3n) is 2.93. The fourth-order valence-electron chi connectivity index (χ4n) is 1.98. The molecule has 3 N–H and O–H groups in total. The van der Waals surface area contributed by atoms with Crippen LogP contribution in [0.4, 0.5) is 5.69 Å². The van der Waals surface area contributed by atoms with E-state index < -0.39 is 11.4 Å². The van der Waals surface area contributed by atoms with Crippen molar-refractivity contribution in [2.45, 2.75) is 18.3 Å². The Hall–Kier alpha value is -0.930. The number of halogens is 2.